The van der Waals surface area contributed by atoms with Crippen molar-refractivity contribution in [2.24, 2.45) is 0 Å². The zero-order valence-corrected chi connectivity index (χ0v) is 14.9. The van der Waals surface area contributed by atoms with E-state index in [0.29, 0.717) is 5.82 Å². The van der Waals surface area contributed by atoms with Crippen molar-refractivity contribution in [3.63, 3.8) is 0 Å². The van der Waals surface area contributed by atoms with Crippen molar-refractivity contribution in [2.75, 3.05) is 32.5 Å². The van der Waals surface area contributed by atoms with Crippen molar-refractivity contribution in [1.82, 2.24) is 14.8 Å². The van der Waals surface area contributed by atoms with Gasteiger partial charge in [0.15, 0.2) is 0 Å². The summed E-state index contributed by atoms with van der Waals surface area (Å²) in [5, 5.41) is 12.2. The summed E-state index contributed by atoms with van der Waals surface area (Å²) in [5.41, 5.74) is 0.0798. The highest BCUT2D eigenvalue weighted by Crippen LogP contribution is 2.16. The summed E-state index contributed by atoms with van der Waals surface area (Å²) >= 11 is 3.31. The van der Waals surface area contributed by atoms with Crippen molar-refractivity contribution in [3.05, 3.63) is 34.6 Å². The van der Waals surface area contributed by atoms with Gasteiger partial charge in [-0.15, -0.1) is 0 Å². The summed E-state index contributed by atoms with van der Waals surface area (Å²) in [5.74, 6) is 0.322. The van der Waals surface area contributed by atoms with Gasteiger partial charge in [-0.25, -0.2) is 4.98 Å². The van der Waals surface area contributed by atoms with Crippen LogP contribution < -0.4 is 5.32 Å². The number of likely N-dealkylation sites (N-methyl/N-ethyl adjacent to an activating group) is 1. The van der Waals surface area contributed by atoms with E-state index < -0.39 is 0 Å². The lowest BCUT2D eigenvalue weighted by Gasteiger charge is -2.34. The lowest BCUT2D eigenvalue weighted by Crippen LogP contribution is -2.44. The Morgan fingerprint density at radius 2 is 2.22 bits per heavy atom. The summed E-state index contributed by atoms with van der Waals surface area (Å²) in [6.45, 7) is 1.93. The minimum atomic E-state index is -0.258. The molecule has 0 aromatic carbocycles. The molecule has 6 nitrogen and oxygen atoms in total. The van der Waals surface area contributed by atoms with Crippen LogP contribution in [-0.4, -0.2) is 53.9 Å². The number of hydrogen-bond acceptors (Lipinski definition) is 5. The number of carbonyl (C=O) groups is 1. The Kier molecular flexibility index (Phi) is 6.13. The van der Waals surface area contributed by atoms with Gasteiger partial charge in [0, 0.05) is 30.0 Å². The van der Waals surface area contributed by atoms with E-state index in [1.807, 2.05) is 12.1 Å². The van der Waals surface area contributed by atoms with Crippen LogP contribution in [0, 0.1) is 11.3 Å². The average molecular weight is 378 g/mol. The van der Waals surface area contributed by atoms with Gasteiger partial charge in [0.1, 0.15) is 17.5 Å². The molecule has 2 rings (SSSR count). The Balaban J connectivity index is 2.01. The molecule has 1 saturated heterocycles. The van der Waals surface area contributed by atoms with Gasteiger partial charge < -0.3 is 15.1 Å². The predicted molar refractivity (Wildman–Crippen MR) is 92.5 cm³/mol. The fraction of sp³-hybridized carbons (Fsp3) is 0.438. The topological polar surface area (TPSA) is 72.3 Å². The lowest BCUT2D eigenvalue weighted by atomic mass is 10.0. The fourth-order valence-corrected chi connectivity index (χ4v) is 2.72. The molecule has 1 aromatic heterocycles. The van der Waals surface area contributed by atoms with E-state index in [4.69, 9.17) is 0 Å². The number of piperidine rings is 1. The van der Waals surface area contributed by atoms with Crippen LogP contribution in [0.1, 0.15) is 12.8 Å². The number of halogens is 1. The van der Waals surface area contributed by atoms with E-state index in [0.717, 1.165) is 30.4 Å². The number of pyridine rings is 1. The first kappa shape index (κ1) is 17.4. The van der Waals surface area contributed by atoms with E-state index in [-0.39, 0.29) is 17.5 Å². The largest absolute Gasteiger partial charge is 0.345 e. The Hall–Kier alpha value is -1.91. The third kappa shape index (κ3) is 4.78. The second kappa shape index (κ2) is 8.09. The Morgan fingerprint density at radius 1 is 1.52 bits per heavy atom. The lowest BCUT2D eigenvalue weighted by molar-refractivity contribution is -0.128. The zero-order chi connectivity index (χ0) is 16.8. The third-order valence-electron chi connectivity index (χ3n) is 4.00. The number of nitrogens with zero attached hydrogens (tertiary/aromatic N) is 4. The second-order valence-corrected chi connectivity index (χ2v) is 6.54. The normalized spacial score (nSPS) is 16.7. The van der Waals surface area contributed by atoms with E-state index in [9.17, 15) is 10.1 Å². The molecular formula is C16H20BrN5O. The molecule has 1 aromatic rings. The highest BCUT2D eigenvalue weighted by Gasteiger charge is 2.25. The molecule has 0 atom stereocenters. The van der Waals surface area contributed by atoms with E-state index in [2.05, 4.69) is 38.2 Å². The molecule has 122 valence electrons. The number of nitriles is 1. The van der Waals surface area contributed by atoms with Crippen LogP contribution in [0.2, 0.25) is 0 Å². The molecule has 1 fully saturated rings. The highest BCUT2D eigenvalue weighted by molar-refractivity contribution is 9.10. The summed E-state index contributed by atoms with van der Waals surface area (Å²) < 4.78 is 0.866. The maximum atomic E-state index is 12.5. The maximum Gasteiger partial charge on any atom is 0.266 e. The average Bonchev–Trinajstić information content (AvgIpc) is 2.57. The fourth-order valence-electron chi connectivity index (χ4n) is 2.49. The first-order chi connectivity index (χ1) is 11.0. The van der Waals surface area contributed by atoms with Gasteiger partial charge in [-0.05, 0) is 61.0 Å². The minimum absolute atomic E-state index is 0.0798. The first-order valence-electron chi connectivity index (χ1n) is 7.45. The van der Waals surface area contributed by atoms with E-state index >= 15 is 0 Å². The SMILES string of the molecule is CN1CCC(N(C)C(=O)/C(C#N)=C\Nc2ccc(Br)cn2)CC1. The summed E-state index contributed by atoms with van der Waals surface area (Å²) in [4.78, 5) is 20.6. The standard InChI is InChI=1S/C16H20BrN5O/c1-21-7-5-14(6-8-21)22(2)16(23)12(9-18)10-19-15-4-3-13(17)11-20-15/h3-4,10-11,14H,5-8H2,1-2H3,(H,19,20)/b12-10-. The molecule has 0 bridgehead atoms. The maximum absolute atomic E-state index is 12.5. The molecular weight excluding hydrogens is 358 g/mol. The Labute approximate surface area is 144 Å². The van der Waals surface area contributed by atoms with Gasteiger partial charge in [0.25, 0.3) is 5.91 Å². The molecule has 2 heterocycles. The number of hydrogen-bond donors (Lipinski definition) is 1. The number of amides is 1. The summed E-state index contributed by atoms with van der Waals surface area (Å²) in [6, 6.07) is 5.75. The smallest absolute Gasteiger partial charge is 0.266 e. The number of carbonyl (C=O) groups excluding carboxylic acids is 1. The van der Waals surface area contributed by atoms with Gasteiger partial charge in [-0.2, -0.15) is 5.26 Å². The zero-order valence-electron chi connectivity index (χ0n) is 13.3. The molecule has 7 heteroatoms. The van der Waals surface area contributed by atoms with Crippen LogP contribution in [0.5, 0.6) is 0 Å². The summed E-state index contributed by atoms with van der Waals surface area (Å²) in [7, 11) is 3.84. The number of rotatable bonds is 4. The first-order valence-corrected chi connectivity index (χ1v) is 8.24. The van der Waals surface area contributed by atoms with Crippen molar-refractivity contribution in [1.29, 1.82) is 5.26 Å². The molecule has 1 N–H and O–H groups in total. The molecule has 23 heavy (non-hydrogen) atoms. The van der Waals surface area contributed by atoms with Crippen LogP contribution in [0.25, 0.3) is 0 Å². The van der Waals surface area contributed by atoms with E-state index in [1.54, 1.807) is 24.2 Å². The molecule has 0 radical (unpaired) electrons. The van der Waals surface area contributed by atoms with Crippen LogP contribution in [-0.2, 0) is 4.79 Å². The van der Waals surface area contributed by atoms with Crippen molar-refractivity contribution >= 4 is 27.7 Å². The Morgan fingerprint density at radius 3 is 2.78 bits per heavy atom. The van der Waals surface area contributed by atoms with E-state index in [1.165, 1.54) is 6.20 Å². The Bertz CT molecular complexity index is 614. The number of anilines is 1. The van der Waals surface area contributed by atoms with Gasteiger partial charge in [-0.3, -0.25) is 4.79 Å². The molecule has 0 spiro atoms. The molecule has 0 saturated carbocycles. The molecule has 0 aliphatic carbocycles. The van der Waals surface area contributed by atoms with Crippen molar-refractivity contribution in [2.45, 2.75) is 18.9 Å². The number of nitrogens with one attached hydrogen (secondary N) is 1. The van der Waals surface area contributed by atoms with Crippen LogP contribution in [0.15, 0.2) is 34.6 Å². The monoisotopic (exact) mass is 377 g/mol. The van der Waals surface area contributed by atoms with Crippen molar-refractivity contribution in [3.8, 4) is 6.07 Å². The highest BCUT2D eigenvalue weighted by atomic mass is 79.9. The van der Waals surface area contributed by atoms with Crippen LogP contribution >= 0.6 is 15.9 Å². The summed E-state index contributed by atoms with van der Waals surface area (Å²) in [6.07, 6.45) is 4.93. The number of likely N-dealkylation sites (tertiary alicyclic amines) is 1. The van der Waals surface area contributed by atoms with Gasteiger partial charge in [0.05, 0.1) is 0 Å². The quantitative estimate of drug-likeness (QED) is 0.643. The van der Waals surface area contributed by atoms with Gasteiger partial charge in [0.2, 0.25) is 0 Å². The molecule has 1 aliphatic rings. The molecule has 1 aliphatic heterocycles. The van der Waals surface area contributed by atoms with Crippen molar-refractivity contribution < 1.29 is 4.79 Å². The van der Waals surface area contributed by atoms with Gasteiger partial charge >= 0.3 is 0 Å². The van der Waals surface area contributed by atoms with Crippen LogP contribution in [0.4, 0.5) is 5.82 Å². The van der Waals surface area contributed by atoms with Gasteiger partial charge in [-0.1, -0.05) is 0 Å². The third-order valence-corrected chi connectivity index (χ3v) is 4.47. The molecule has 0 unspecified atom stereocenters. The predicted octanol–water partition coefficient (Wildman–Crippen LogP) is 2.22. The number of aromatic nitrogens is 1. The minimum Gasteiger partial charge on any atom is -0.345 e. The van der Waals surface area contributed by atoms with Crippen LogP contribution in [0.3, 0.4) is 0 Å². The second-order valence-electron chi connectivity index (χ2n) is 5.63. The molecule has 1 amide bonds.